The molecule has 2 heteroatoms. The highest BCUT2D eigenvalue weighted by Gasteiger charge is 2.27. The maximum Gasteiger partial charge on any atom is 0.119 e. The average molecular weight is 269 g/mol. The molecule has 1 aliphatic heterocycles. The van der Waals surface area contributed by atoms with Crippen LogP contribution in [0.3, 0.4) is 0 Å². The molecule has 1 saturated heterocycles. The average Bonchev–Trinajstić information content (AvgIpc) is 2.46. The fraction of sp³-hybridized carbons (Fsp3) is 0.444. The number of anilines is 1. The van der Waals surface area contributed by atoms with Gasteiger partial charge in [-0.25, -0.2) is 0 Å². The fourth-order valence-corrected chi connectivity index (χ4v) is 2.81. The molecule has 1 aliphatic carbocycles. The predicted octanol–water partition coefficient (Wildman–Crippen LogP) is 3.89. The molecule has 1 fully saturated rings. The van der Waals surface area contributed by atoms with Crippen LogP contribution in [0.2, 0.25) is 0 Å². The molecule has 2 unspecified atom stereocenters. The first-order chi connectivity index (χ1) is 9.54. The summed E-state index contributed by atoms with van der Waals surface area (Å²) in [4.78, 5) is 2.32. The molecule has 0 N–H and O–H groups in total. The van der Waals surface area contributed by atoms with Gasteiger partial charge in [0.15, 0.2) is 0 Å². The van der Waals surface area contributed by atoms with E-state index in [1.54, 1.807) is 0 Å². The molecule has 20 heavy (non-hydrogen) atoms. The number of nitrogens with zero attached hydrogens (tertiary/aromatic N) is 1. The van der Waals surface area contributed by atoms with Gasteiger partial charge in [-0.05, 0) is 23.1 Å². The molecule has 2 atom stereocenters. The third kappa shape index (κ3) is 2.66. The SMILES string of the molecule is CC(C)(C)c1ccc(N2COC3C=CC=CC3C2)cc1. The molecule has 2 aliphatic rings. The molecule has 0 spiro atoms. The zero-order chi connectivity index (χ0) is 14.2. The van der Waals surface area contributed by atoms with Crippen molar-refractivity contribution in [1.29, 1.82) is 0 Å². The Kier molecular flexibility index (Phi) is 3.43. The molecule has 0 radical (unpaired) electrons. The molecule has 3 rings (SSSR count). The zero-order valence-electron chi connectivity index (χ0n) is 12.5. The van der Waals surface area contributed by atoms with E-state index in [4.69, 9.17) is 4.74 Å². The van der Waals surface area contributed by atoms with Gasteiger partial charge in [-0.15, -0.1) is 0 Å². The van der Waals surface area contributed by atoms with Gasteiger partial charge in [0, 0.05) is 18.2 Å². The maximum absolute atomic E-state index is 5.93. The number of hydrogen-bond donors (Lipinski definition) is 0. The summed E-state index contributed by atoms with van der Waals surface area (Å²) in [5, 5.41) is 0. The Hall–Kier alpha value is -1.54. The van der Waals surface area contributed by atoms with Crippen LogP contribution in [0.5, 0.6) is 0 Å². The lowest BCUT2D eigenvalue weighted by atomic mass is 9.87. The van der Waals surface area contributed by atoms with Crippen molar-refractivity contribution in [3.63, 3.8) is 0 Å². The first-order valence-electron chi connectivity index (χ1n) is 7.36. The second-order valence-corrected chi connectivity index (χ2v) is 6.71. The quantitative estimate of drug-likeness (QED) is 0.767. The molecule has 106 valence electrons. The largest absolute Gasteiger partial charge is 0.353 e. The van der Waals surface area contributed by atoms with Gasteiger partial charge in [-0.2, -0.15) is 0 Å². The smallest absolute Gasteiger partial charge is 0.119 e. The van der Waals surface area contributed by atoms with Crippen LogP contribution in [0.4, 0.5) is 5.69 Å². The van der Waals surface area contributed by atoms with Crippen LogP contribution in [0.15, 0.2) is 48.6 Å². The van der Waals surface area contributed by atoms with E-state index < -0.39 is 0 Å². The summed E-state index contributed by atoms with van der Waals surface area (Å²) in [6.45, 7) is 8.44. The van der Waals surface area contributed by atoms with Crippen LogP contribution in [-0.4, -0.2) is 19.4 Å². The summed E-state index contributed by atoms with van der Waals surface area (Å²) >= 11 is 0. The van der Waals surface area contributed by atoms with Gasteiger partial charge in [-0.1, -0.05) is 57.2 Å². The van der Waals surface area contributed by atoms with E-state index in [-0.39, 0.29) is 11.5 Å². The monoisotopic (exact) mass is 269 g/mol. The lowest BCUT2D eigenvalue weighted by Gasteiger charge is -2.38. The van der Waals surface area contributed by atoms with E-state index in [1.807, 2.05) is 0 Å². The number of rotatable bonds is 1. The van der Waals surface area contributed by atoms with E-state index >= 15 is 0 Å². The summed E-state index contributed by atoms with van der Waals surface area (Å²) in [6.07, 6.45) is 8.86. The predicted molar refractivity (Wildman–Crippen MR) is 84.0 cm³/mol. The molecule has 1 aromatic carbocycles. The van der Waals surface area contributed by atoms with Gasteiger partial charge in [-0.3, -0.25) is 0 Å². The first kappa shape index (κ1) is 13.4. The second kappa shape index (κ2) is 5.10. The third-order valence-corrected chi connectivity index (χ3v) is 4.14. The maximum atomic E-state index is 5.93. The lowest BCUT2D eigenvalue weighted by molar-refractivity contribution is 0.0300. The topological polar surface area (TPSA) is 12.5 Å². The van der Waals surface area contributed by atoms with Gasteiger partial charge in [0.25, 0.3) is 0 Å². The van der Waals surface area contributed by atoms with Crippen LogP contribution >= 0.6 is 0 Å². The molecule has 2 nitrogen and oxygen atoms in total. The Morgan fingerprint density at radius 1 is 1.05 bits per heavy atom. The number of ether oxygens (including phenoxy) is 1. The van der Waals surface area contributed by atoms with Crippen LogP contribution in [0, 0.1) is 5.92 Å². The Balaban J connectivity index is 1.74. The third-order valence-electron chi connectivity index (χ3n) is 4.14. The van der Waals surface area contributed by atoms with Crippen LogP contribution in [0.25, 0.3) is 0 Å². The van der Waals surface area contributed by atoms with Crippen molar-refractivity contribution in [3.05, 3.63) is 54.1 Å². The molecule has 0 bridgehead atoms. The van der Waals surface area contributed by atoms with Gasteiger partial charge >= 0.3 is 0 Å². The van der Waals surface area contributed by atoms with Crippen molar-refractivity contribution >= 4 is 5.69 Å². The van der Waals surface area contributed by atoms with Crippen molar-refractivity contribution in [3.8, 4) is 0 Å². The Bertz CT molecular complexity index is 521. The second-order valence-electron chi connectivity index (χ2n) is 6.71. The minimum absolute atomic E-state index is 0.207. The first-order valence-corrected chi connectivity index (χ1v) is 7.36. The van der Waals surface area contributed by atoms with E-state index in [1.165, 1.54) is 11.3 Å². The number of allylic oxidation sites excluding steroid dienone is 2. The molecule has 0 aromatic heterocycles. The minimum atomic E-state index is 0.207. The van der Waals surface area contributed by atoms with Crippen LogP contribution in [0.1, 0.15) is 26.3 Å². The van der Waals surface area contributed by atoms with E-state index in [0.29, 0.717) is 12.6 Å². The molecule has 0 amide bonds. The summed E-state index contributed by atoms with van der Waals surface area (Å²) in [5.41, 5.74) is 2.83. The zero-order valence-corrected chi connectivity index (χ0v) is 12.5. The van der Waals surface area contributed by atoms with Crippen molar-refractivity contribution in [2.45, 2.75) is 32.3 Å². The minimum Gasteiger partial charge on any atom is -0.353 e. The Labute approximate surface area is 121 Å². The highest BCUT2D eigenvalue weighted by molar-refractivity contribution is 5.49. The fourth-order valence-electron chi connectivity index (χ4n) is 2.81. The molecule has 1 aromatic rings. The number of benzene rings is 1. The molecular weight excluding hydrogens is 246 g/mol. The Morgan fingerprint density at radius 2 is 1.75 bits per heavy atom. The van der Waals surface area contributed by atoms with E-state index in [9.17, 15) is 0 Å². The van der Waals surface area contributed by atoms with E-state index in [0.717, 1.165) is 6.54 Å². The normalized spacial score (nSPS) is 25.6. The van der Waals surface area contributed by atoms with Crippen molar-refractivity contribution in [2.24, 2.45) is 5.92 Å². The number of fused-ring (bicyclic) bond motifs is 1. The summed E-state index contributed by atoms with van der Waals surface area (Å²) in [6, 6.07) is 8.90. The summed E-state index contributed by atoms with van der Waals surface area (Å²) in [5.74, 6) is 0.469. The molecule has 1 heterocycles. The van der Waals surface area contributed by atoms with Crippen molar-refractivity contribution in [2.75, 3.05) is 18.2 Å². The van der Waals surface area contributed by atoms with Crippen LogP contribution in [-0.2, 0) is 10.2 Å². The van der Waals surface area contributed by atoms with Crippen molar-refractivity contribution < 1.29 is 4.74 Å². The van der Waals surface area contributed by atoms with Gasteiger partial charge in [0.2, 0.25) is 0 Å². The highest BCUT2D eigenvalue weighted by Crippen LogP contribution is 2.29. The summed E-state index contributed by atoms with van der Waals surface area (Å²) < 4.78 is 5.93. The Morgan fingerprint density at radius 3 is 2.45 bits per heavy atom. The van der Waals surface area contributed by atoms with Gasteiger partial charge in [0.05, 0.1) is 6.10 Å². The van der Waals surface area contributed by atoms with Crippen molar-refractivity contribution in [1.82, 2.24) is 0 Å². The van der Waals surface area contributed by atoms with Gasteiger partial charge < -0.3 is 9.64 Å². The van der Waals surface area contributed by atoms with Crippen LogP contribution < -0.4 is 4.90 Å². The lowest BCUT2D eigenvalue weighted by Crippen LogP contribution is -2.44. The van der Waals surface area contributed by atoms with Gasteiger partial charge in [0.1, 0.15) is 6.73 Å². The van der Waals surface area contributed by atoms with E-state index in [2.05, 4.69) is 74.2 Å². The highest BCUT2D eigenvalue weighted by atomic mass is 16.5. The molecule has 0 saturated carbocycles. The number of hydrogen-bond acceptors (Lipinski definition) is 2. The standard InChI is InChI=1S/C18H23NO/c1-18(2,3)15-8-10-16(11-9-15)19-12-14-6-4-5-7-17(14)20-13-19/h4-11,14,17H,12-13H2,1-3H3. The summed E-state index contributed by atoms with van der Waals surface area (Å²) in [7, 11) is 0. The molecular formula is C18H23NO.